The summed E-state index contributed by atoms with van der Waals surface area (Å²) in [5.74, 6) is 1.73. The van der Waals surface area contributed by atoms with Crippen LogP contribution in [0.4, 0.5) is 0 Å². The Labute approximate surface area is 173 Å². The number of nitrogens with one attached hydrogen (secondary N) is 2. The Morgan fingerprint density at radius 1 is 1.23 bits per heavy atom. The van der Waals surface area contributed by atoms with Crippen molar-refractivity contribution in [2.45, 2.75) is 46.4 Å². The van der Waals surface area contributed by atoms with Crippen LogP contribution < -0.4 is 15.4 Å². The highest BCUT2D eigenvalue weighted by Crippen LogP contribution is 2.14. The Kier molecular flexibility index (Phi) is 10.8. The summed E-state index contributed by atoms with van der Waals surface area (Å²) in [7, 11) is 0. The first-order valence-electron chi connectivity index (χ1n) is 8.92. The lowest BCUT2D eigenvalue weighted by Gasteiger charge is -2.12. The number of aliphatic imine (C=N–C) groups is 1. The summed E-state index contributed by atoms with van der Waals surface area (Å²) in [4.78, 5) is 4.64. The number of nitrogens with zero attached hydrogens (tertiary/aromatic N) is 3. The molecule has 0 spiro atoms. The van der Waals surface area contributed by atoms with E-state index < -0.39 is 0 Å². The number of hydrogen-bond acceptors (Lipinski definition) is 3. The topological polar surface area (TPSA) is 63.5 Å². The monoisotopic (exact) mass is 471 g/mol. The fourth-order valence-corrected chi connectivity index (χ4v) is 2.34. The number of ether oxygens (including phenoxy) is 1. The molecule has 1 heterocycles. The molecule has 2 N–H and O–H groups in total. The molecule has 0 saturated heterocycles. The van der Waals surface area contributed by atoms with E-state index >= 15 is 0 Å². The SMILES string of the molecule is CCNC(=NCc1ccc(OC(C)C)cc1)NCCCn1cccn1.I. The largest absolute Gasteiger partial charge is 0.491 e. The van der Waals surface area contributed by atoms with Crippen LogP contribution in [0.2, 0.25) is 0 Å². The molecule has 0 atom stereocenters. The van der Waals surface area contributed by atoms with Gasteiger partial charge in [-0.15, -0.1) is 24.0 Å². The second-order valence-electron chi connectivity index (χ2n) is 6.06. The van der Waals surface area contributed by atoms with E-state index in [0.717, 1.165) is 43.3 Å². The molecule has 2 rings (SSSR count). The van der Waals surface area contributed by atoms with Crippen LogP contribution in [-0.2, 0) is 13.1 Å². The number of guanidine groups is 1. The van der Waals surface area contributed by atoms with Gasteiger partial charge in [-0.3, -0.25) is 4.68 Å². The van der Waals surface area contributed by atoms with Crippen LogP contribution in [0.25, 0.3) is 0 Å². The third kappa shape index (κ3) is 8.55. The number of benzene rings is 1. The Hall–Kier alpha value is -1.77. The zero-order chi connectivity index (χ0) is 17.9. The highest BCUT2D eigenvalue weighted by atomic mass is 127. The van der Waals surface area contributed by atoms with Crippen molar-refractivity contribution in [1.29, 1.82) is 0 Å². The molecule has 0 saturated carbocycles. The van der Waals surface area contributed by atoms with E-state index in [0.29, 0.717) is 6.54 Å². The standard InChI is InChI=1S/C19H29N5O.HI/c1-4-20-19(21-11-5-13-24-14-6-12-23-24)22-15-17-7-9-18(10-8-17)25-16(2)3;/h6-10,12,14,16H,4-5,11,13,15H2,1-3H3,(H2,20,21,22);1H. The second-order valence-corrected chi connectivity index (χ2v) is 6.06. The van der Waals surface area contributed by atoms with E-state index in [2.05, 4.69) is 39.8 Å². The summed E-state index contributed by atoms with van der Waals surface area (Å²) in [6.45, 7) is 9.35. The van der Waals surface area contributed by atoms with Crippen LogP contribution in [0.1, 0.15) is 32.8 Å². The first kappa shape index (κ1) is 22.3. The molecule has 0 radical (unpaired) electrons. The average Bonchev–Trinajstić information content (AvgIpc) is 3.10. The van der Waals surface area contributed by atoms with E-state index in [4.69, 9.17) is 4.74 Å². The molecule has 0 amide bonds. The van der Waals surface area contributed by atoms with E-state index in [-0.39, 0.29) is 30.1 Å². The van der Waals surface area contributed by atoms with Gasteiger partial charge in [0.1, 0.15) is 5.75 Å². The smallest absolute Gasteiger partial charge is 0.191 e. The van der Waals surface area contributed by atoms with Gasteiger partial charge in [-0.1, -0.05) is 12.1 Å². The molecular formula is C19H30IN5O. The molecule has 0 aliphatic heterocycles. The van der Waals surface area contributed by atoms with Crippen molar-refractivity contribution in [1.82, 2.24) is 20.4 Å². The first-order valence-corrected chi connectivity index (χ1v) is 8.92. The second kappa shape index (κ2) is 12.6. The van der Waals surface area contributed by atoms with E-state index in [1.165, 1.54) is 0 Å². The summed E-state index contributed by atoms with van der Waals surface area (Å²) >= 11 is 0. The maximum atomic E-state index is 5.66. The van der Waals surface area contributed by atoms with Crippen molar-refractivity contribution in [3.8, 4) is 5.75 Å². The average molecular weight is 471 g/mol. The molecule has 0 bridgehead atoms. The van der Waals surface area contributed by atoms with Crippen molar-refractivity contribution >= 4 is 29.9 Å². The van der Waals surface area contributed by atoms with Crippen LogP contribution in [-0.4, -0.2) is 34.9 Å². The van der Waals surface area contributed by atoms with E-state index in [1.807, 2.05) is 42.9 Å². The van der Waals surface area contributed by atoms with Crippen molar-refractivity contribution in [3.05, 3.63) is 48.3 Å². The first-order chi connectivity index (χ1) is 12.2. The minimum atomic E-state index is 0. The van der Waals surface area contributed by atoms with Crippen LogP contribution in [0.3, 0.4) is 0 Å². The highest BCUT2D eigenvalue weighted by Gasteiger charge is 2.00. The van der Waals surface area contributed by atoms with Gasteiger partial charge < -0.3 is 15.4 Å². The maximum Gasteiger partial charge on any atom is 0.191 e. The number of aryl methyl sites for hydroxylation is 1. The minimum absolute atomic E-state index is 0. The quantitative estimate of drug-likeness (QED) is 0.255. The summed E-state index contributed by atoms with van der Waals surface area (Å²) in [6.07, 6.45) is 4.96. The van der Waals surface area contributed by atoms with Crippen LogP contribution >= 0.6 is 24.0 Å². The lowest BCUT2D eigenvalue weighted by molar-refractivity contribution is 0.242. The van der Waals surface area contributed by atoms with Crippen molar-refractivity contribution < 1.29 is 4.74 Å². The van der Waals surface area contributed by atoms with Gasteiger partial charge in [0.15, 0.2) is 5.96 Å². The lowest BCUT2D eigenvalue weighted by atomic mass is 10.2. The van der Waals surface area contributed by atoms with Crippen LogP contribution in [0.15, 0.2) is 47.7 Å². The number of aromatic nitrogens is 2. The predicted octanol–water partition coefficient (Wildman–Crippen LogP) is 3.43. The van der Waals surface area contributed by atoms with Gasteiger partial charge in [0, 0.05) is 32.0 Å². The molecule has 144 valence electrons. The number of rotatable bonds is 9. The third-order valence-electron chi connectivity index (χ3n) is 3.47. The Balaban J connectivity index is 0.00000338. The Morgan fingerprint density at radius 2 is 2.00 bits per heavy atom. The zero-order valence-corrected chi connectivity index (χ0v) is 18.1. The normalized spacial score (nSPS) is 11.2. The number of hydrogen-bond donors (Lipinski definition) is 2. The summed E-state index contributed by atoms with van der Waals surface area (Å²) in [6, 6.07) is 10.0. The molecular weight excluding hydrogens is 441 g/mol. The van der Waals surface area contributed by atoms with Crippen molar-refractivity contribution in [2.75, 3.05) is 13.1 Å². The van der Waals surface area contributed by atoms with Gasteiger partial charge in [0.05, 0.1) is 12.6 Å². The maximum absolute atomic E-state index is 5.66. The van der Waals surface area contributed by atoms with Crippen molar-refractivity contribution in [2.24, 2.45) is 4.99 Å². The predicted molar refractivity (Wildman–Crippen MR) is 117 cm³/mol. The molecule has 2 aromatic rings. The molecule has 0 aliphatic rings. The Bertz CT molecular complexity index is 626. The molecule has 0 fully saturated rings. The fraction of sp³-hybridized carbons (Fsp3) is 0.474. The molecule has 0 aliphatic carbocycles. The molecule has 1 aromatic carbocycles. The molecule has 0 unspecified atom stereocenters. The van der Waals surface area contributed by atoms with Crippen LogP contribution in [0.5, 0.6) is 5.75 Å². The van der Waals surface area contributed by atoms with Gasteiger partial charge in [-0.2, -0.15) is 5.10 Å². The fourth-order valence-electron chi connectivity index (χ4n) is 2.34. The van der Waals surface area contributed by atoms with E-state index in [1.54, 1.807) is 6.20 Å². The number of halogens is 1. The summed E-state index contributed by atoms with van der Waals surface area (Å²) in [5, 5.41) is 10.8. The minimum Gasteiger partial charge on any atom is -0.491 e. The van der Waals surface area contributed by atoms with Gasteiger partial charge in [-0.05, 0) is 51.0 Å². The molecule has 6 nitrogen and oxygen atoms in total. The Morgan fingerprint density at radius 3 is 2.62 bits per heavy atom. The molecule has 7 heteroatoms. The summed E-state index contributed by atoms with van der Waals surface area (Å²) < 4.78 is 7.60. The summed E-state index contributed by atoms with van der Waals surface area (Å²) in [5.41, 5.74) is 1.16. The zero-order valence-electron chi connectivity index (χ0n) is 15.8. The van der Waals surface area contributed by atoms with E-state index in [9.17, 15) is 0 Å². The van der Waals surface area contributed by atoms with Gasteiger partial charge in [0.25, 0.3) is 0 Å². The molecule has 26 heavy (non-hydrogen) atoms. The highest BCUT2D eigenvalue weighted by molar-refractivity contribution is 14.0. The molecule has 1 aromatic heterocycles. The van der Waals surface area contributed by atoms with Gasteiger partial charge in [0.2, 0.25) is 0 Å². The van der Waals surface area contributed by atoms with Gasteiger partial charge >= 0.3 is 0 Å². The van der Waals surface area contributed by atoms with Crippen LogP contribution in [0, 0.1) is 0 Å². The van der Waals surface area contributed by atoms with Crippen molar-refractivity contribution in [3.63, 3.8) is 0 Å². The van der Waals surface area contributed by atoms with Gasteiger partial charge in [-0.25, -0.2) is 4.99 Å². The lowest BCUT2D eigenvalue weighted by Crippen LogP contribution is -2.38. The third-order valence-corrected chi connectivity index (χ3v) is 3.47.